The molecule has 0 fully saturated rings. The third kappa shape index (κ3) is 4.94. The Hall–Kier alpha value is -0.610. The van der Waals surface area contributed by atoms with Gasteiger partial charge in [0.25, 0.3) is 0 Å². The highest BCUT2D eigenvalue weighted by Gasteiger charge is 2.23. The average molecular weight is 230 g/mol. The number of carbonyl (C=O) groups excluding carboxylic acids is 1. The second-order valence-electron chi connectivity index (χ2n) is 4.18. The van der Waals surface area contributed by atoms with Crippen LogP contribution in [0.1, 0.15) is 40.0 Å². The van der Waals surface area contributed by atoms with E-state index in [1.54, 1.807) is 12.0 Å². The highest BCUT2D eigenvalue weighted by Crippen LogP contribution is 2.06. The van der Waals surface area contributed by atoms with Crippen LogP contribution in [0.15, 0.2) is 0 Å². The van der Waals surface area contributed by atoms with Crippen molar-refractivity contribution in [2.45, 2.75) is 52.1 Å². The maximum Gasteiger partial charge on any atom is 0.239 e. The molecule has 0 aliphatic rings. The molecule has 0 rings (SSSR count). The average Bonchev–Trinajstić information content (AvgIpc) is 2.27. The first kappa shape index (κ1) is 15.4. The number of likely N-dealkylation sites (N-methyl/N-ethyl adjacent to an activating group) is 1. The van der Waals surface area contributed by atoms with E-state index in [9.17, 15) is 4.79 Å². The van der Waals surface area contributed by atoms with Crippen molar-refractivity contribution in [1.82, 2.24) is 4.90 Å². The summed E-state index contributed by atoms with van der Waals surface area (Å²) in [4.78, 5) is 13.8. The zero-order valence-corrected chi connectivity index (χ0v) is 11.0. The lowest BCUT2D eigenvalue weighted by Gasteiger charge is -2.30. The quantitative estimate of drug-likeness (QED) is 0.685. The Balaban J connectivity index is 4.28. The van der Waals surface area contributed by atoms with Gasteiger partial charge in [0.1, 0.15) is 0 Å². The molecule has 0 spiro atoms. The molecule has 16 heavy (non-hydrogen) atoms. The summed E-state index contributed by atoms with van der Waals surface area (Å²) >= 11 is 0. The van der Waals surface area contributed by atoms with E-state index < -0.39 is 0 Å². The summed E-state index contributed by atoms with van der Waals surface area (Å²) in [6.45, 7) is 7.29. The molecule has 1 amide bonds. The molecule has 0 aliphatic heterocycles. The zero-order valence-electron chi connectivity index (χ0n) is 11.0. The van der Waals surface area contributed by atoms with Crippen molar-refractivity contribution in [2.75, 3.05) is 20.3 Å². The topological polar surface area (TPSA) is 55.6 Å². The number of hydrogen-bond acceptors (Lipinski definition) is 3. The summed E-state index contributed by atoms with van der Waals surface area (Å²) in [5.74, 6) is 0.0421. The maximum atomic E-state index is 12.0. The van der Waals surface area contributed by atoms with Crippen molar-refractivity contribution in [3.63, 3.8) is 0 Å². The van der Waals surface area contributed by atoms with Gasteiger partial charge in [0.2, 0.25) is 5.91 Å². The molecule has 96 valence electrons. The van der Waals surface area contributed by atoms with E-state index in [0.717, 1.165) is 19.3 Å². The molecule has 0 heterocycles. The second-order valence-corrected chi connectivity index (χ2v) is 4.18. The second kappa shape index (κ2) is 8.53. The smallest absolute Gasteiger partial charge is 0.239 e. The van der Waals surface area contributed by atoms with Crippen molar-refractivity contribution in [3.8, 4) is 0 Å². The van der Waals surface area contributed by atoms with Gasteiger partial charge in [-0.05, 0) is 20.3 Å². The molecule has 0 radical (unpaired) electrons. The van der Waals surface area contributed by atoms with Crippen LogP contribution in [0.25, 0.3) is 0 Å². The Morgan fingerprint density at radius 2 is 2.06 bits per heavy atom. The van der Waals surface area contributed by atoms with Crippen LogP contribution < -0.4 is 5.73 Å². The standard InChI is InChI=1S/C12H26N2O2/c1-5-7-8-11(13)12(15)14(6-2)10(3)9-16-4/h10-11H,5-9,13H2,1-4H3. The fourth-order valence-corrected chi connectivity index (χ4v) is 1.78. The third-order valence-electron chi connectivity index (χ3n) is 2.75. The van der Waals surface area contributed by atoms with Crippen molar-refractivity contribution in [2.24, 2.45) is 5.73 Å². The largest absolute Gasteiger partial charge is 0.383 e. The van der Waals surface area contributed by atoms with E-state index in [1.165, 1.54) is 0 Å². The maximum absolute atomic E-state index is 12.0. The van der Waals surface area contributed by atoms with Crippen LogP contribution in [0.4, 0.5) is 0 Å². The number of rotatable bonds is 8. The normalized spacial score (nSPS) is 14.6. The predicted octanol–water partition coefficient (Wildman–Crippen LogP) is 1.39. The van der Waals surface area contributed by atoms with Crippen LogP contribution in [0, 0.1) is 0 Å². The van der Waals surface area contributed by atoms with E-state index >= 15 is 0 Å². The summed E-state index contributed by atoms with van der Waals surface area (Å²) < 4.78 is 5.06. The molecule has 2 atom stereocenters. The molecule has 4 heteroatoms. The Kier molecular flexibility index (Phi) is 8.21. The summed E-state index contributed by atoms with van der Waals surface area (Å²) in [6.07, 6.45) is 2.84. The highest BCUT2D eigenvalue weighted by atomic mass is 16.5. The van der Waals surface area contributed by atoms with Gasteiger partial charge in [0, 0.05) is 13.7 Å². The molecule has 4 nitrogen and oxygen atoms in total. The van der Waals surface area contributed by atoms with Crippen LogP contribution in [-0.4, -0.2) is 43.2 Å². The Morgan fingerprint density at radius 1 is 1.44 bits per heavy atom. The van der Waals surface area contributed by atoms with Crippen LogP contribution in [-0.2, 0) is 9.53 Å². The minimum absolute atomic E-state index is 0.0421. The first-order valence-corrected chi connectivity index (χ1v) is 6.13. The molecular formula is C12H26N2O2. The lowest BCUT2D eigenvalue weighted by Crippen LogP contribution is -2.49. The minimum Gasteiger partial charge on any atom is -0.383 e. The van der Waals surface area contributed by atoms with Gasteiger partial charge < -0.3 is 15.4 Å². The number of carbonyl (C=O) groups is 1. The predicted molar refractivity (Wildman–Crippen MR) is 66.2 cm³/mol. The van der Waals surface area contributed by atoms with Crippen molar-refractivity contribution < 1.29 is 9.53 Å². The monoisotopic (exact) mass is 230 g/mol. The molecule has 0 bridgehead atoms. The molecule has 0 aromatic rings. The molecule has 0 aliphatic carbocycles. The van der Waals surface area contributed by atoms with E-state index in [0.29, 0.717) is 13.2 Å². The van der Waals surface area contributed by atoms with Crippen LogP contribution in [0.3, 0.4) is 0 Å². The number of amides is 1. The van der Waals surface area contributed by atoms with Gasteiger partial charge in [0.15, 0.2) is 0 Å². The Bertz CT molecular complexity index is 197. The highest BCUT2D eigenvalue weighted by molar-refractivity contribution is 5.81. The summed E-state index contributed by atoms with van der Waals surface area (Å²) in [5, 5.41) is 0. The molecule has 0 aromatic heterocycles. The minimum atomic E-state index is -0.362. The van der Waals surface area contributed by atoms with Gasteiger partial charge in [-0.25, -0.2) is 0 Å². The van der Waals surface area contributed by atoms with E-state index in [4.69, 9.17) is 10.5 Å². The van der Waals surface area contributed by atoms with E-state index in [-0.39, 0.29) is 18.0 Å². The number of hydrogen-bond donors (Lipinski definition) is 1. The number of unbranched alkanes of at least 4 members (excludes halogenated alkanes) is 1. The number of methoxy groups -OCH3 is 1. The fraction of sp³-hybridized carbons (Fsp3) is 0.917. The number of ether oxygens (including phenoxy) is 1. The molecule has 0 aromatic carbocycles. The first-order valence-electron chi connectivity index (χ1n) is 6.13. The van der Waals surface area contributed by atoms with E-state index in [2.05, 4.69) is 6.92 Å². The lowest BCUT2D eigenvalue weighted by molar-refractivity contribution is -0.135. The SMILES string of the molecule is CCCCC(N)C(=O)N(CC)C(C)COC. The Morgan fingerprint density at radius 3 is 2.50 bits per heavy atom. The lowest BCUT2D eigenvalue weighted by atomic mass is 10.1. The molecule has 0 saturated carbocycles. The number of nitrogens with two attached hydrogens (primary N) is 1. The van der Waals surface area contributed by atoms with Gasteiger partial charge in [-0.2, -0.15) is 0 Å². The summed E-state index contributed by atoms with van der Waals surface area (Å²) in [6, 6.07) is -0.269. The summed E-state index contributed by atoms with van der Waals surface area (Å²) in [5.41, 5.74) is 5.88. The van der Waals surface area contributed by atoms with Crippen molar-refractivity contribution >= 4 is 5.91 Å². The van der Waals surface area contributed by atoms with Crippen LogP contribution in [0.2, 0.25) is 0 Å². The van der Waals surface area contributed by atoms with Gasteiger partial charge in [-0.3, -0.25) is 4.79 Å². The van der Waals surface area contributed by atoms with Crippen LogP contribution >= 0.6 is 0 Å². The van der Waals surface area contributed by atoms with Gasteiger partial charge in [-0.1, -0.05) is 19.8 Å². The molecule has 0 saturated heterocycles. The Labute approximate surface area is 99.1 Å². The van der Waals surface area contributed by atoms with Gasteiger partial charge in [0.05, 0.1) is 18.7 Å². The first-order chi connectivity index (χ1) is 7.58. The number of nitrogens with zero attached hydrogens (tertiary/aromatic N) is 1. The van der Waals surface area contributed by atoms with E-state index in [1.807, 2.05) is 13.8 Å². The zero-order chi connectivity index (χ0) is 12.6. The molecule has 2 unspecified atom stereocenters. The van der Waals surface area contributed by atoms with Crippen molar-refractivity contribution in [1.29, 1.82) is 0 Å². The summed E-state index contributed by atoms with van der Waals surface area (Å²) in [7, 11) is 1.64. The molecule has 2 N–H and O–H groups in total. The van der Waals surface area contributed by atoms with Gasteiger partial charge >= 0.3 is 0 Å². The fourth-order valence-electron chi connectivity index (χ4n) is 1.78. The molecular weight excluding hydrogens is 204 g/mol. The van der Waals surface area contributed by atoms with Gasteiger partial charge in [-0.15, -0.1) is 0 Å². The van der Waals surface area contributed by atoms with Crippen molar-refractivity contribution in [3.05, 3.63) is 0 Å². The third-order valence-corrected chi connectivity index (χ3v) is 2.75. The van der Waals surface area contributed by atoms with Crippen LogP contribution in [0.5, 0.6) is 0 Å².